The van der Waals surface area contributed by atoms with Crippen molar-refractivity contribution < 1.29 is 14.0 Å². The Kier molecular flexibility index (Phi) is 4.69. The van der Waals surface area contributed by atoms with Crippen LogP contribution in [-0.4, -0.2) is 42.0 Å². The monoisotopic (exact) mass is 359 g/mol. The largest absolute Gasteiger partial charge is 0.325 e. The Hall–Kier alpha value is -1.95. The molecule has 2 saturated heterocycles. The number of benzene rings is 1. The summed E-state index contributed by atoms with van der Waals surface area (Å²) in [4.78, 5) is 27.6. The van der Waals surface area contributed by atoms with Gasteiger partial charge in [0.15, 0.2) is 0 Å². The molecule has 2 aliphatic heterocycles. The number of carbonyl (C=O) groups is 2. The number of urea groups is 1. The zero-order valence-corrected chi connectivity index (χ0v) is 15.0. The number of carbonyl (C=O) groups excluding carboxylic acids is 2. The summed E-state index contributed by atoms with van der Waals surface area (Å²) >= 11 is 0. The van der Waals surface area contributed by atoms with Crippen LogP contribution < -0.4 is 10.6 Å². The maximum Gasteiger partial charge on any atom is 0.325 e. The lowest BCUT2D eigenvalue weighted by molar-refractivity contribution is -0.134. The number of rotatable bonds is 5. The molecular weight excluding hydrogens is 333 g/mol. The molecular formula is C20H26FN3O2. The lowest BCUT2D eigenvalue weighted by Gasteiger charge is -2.38. The van der Waals surface area contributed by atoms with Crippen LogP contribution >= 0.6 is 0 Å². The van der Waals surface area contributed by atoms with Crippen molar-refractivity contribution in [2.45, 2.75) is 44.1 Å². The molecule has 2 heterocycles. The van der Waals surface area contributed by atoms with Gasteiger partial charge < -0.3 is 10.6 Å². The van der Waals surface area contributed by atoms with Crippen molar-refractivity contribution in [3.63, 3.8) is 0 Å². The Labute approximate surface area is 153 Å². The number of nitrogens with zero attached hydrogens (tertiary/aromatic N) is 1. The second kappa shape index (κ2) is 6.99. The molecule has 0 spiro atoms. The van der Waals surface area contributed by atoms with E-state index in [4.69, 9.17) is 0 Å². The molecule has 0 radical (unpaired) electrons. The van der Waals surface area contributed by atoms with Gasteiger partial charge in [0.25, 0.3) is 5.91 Å². The van der Waals surface area contributed by atoms with Gasteiger partial charge in [-0.25, -0.2) is 9.18 Å². The van der Waals surface area contributed by atoms with Crippen molar-refractivity contribution >= 4 is 11.9 Å². The van der Waals surface area contributed by atoms with Gasteiger partial charge in [-0.2, -0.15) is 0 Å². The summed E-state index contributed by atoms with van der Waals surface area (Å²) in [6, 6.07) is 6.00. The van der Waals surface area contributed by atoms with E-state index in [0.717, 1.165) is 44.3 Å². The molecule has 140 valence electrons. The third-order valence-electron chi connectivity index (χ3n) is 6.30. The molecule has 3 amide bonds. The number of nitrogens with one attached hydrogen (secondary N) is 2. The molecule has 4 rings (SSSR count). The standard InChI is InChI=1S/C20H26FN3O2/c21-17-6-4-14(5-7-17)12-20(16-8-10-22-11-9-16)18(25)24(19(26)23-20)13-15-2-1-3-15/h4-7,15-16,22H,1-3,8-13H2,(H,23,26)/t20-/m1/s1. The van der Waals surface area contributed by atoms with Crippen LogP contribution in [0.1, 0.15) is 37.7 Å². The first kappa shape index (κ1) is 17.5. The zero-order valence-electron chi connectivity index (χ0n) is 15.0. The first-order valence-corrected chi connectivity index (χ1v) is 9.68. The number of amides is 3. The van der Waals surface area contributed by atoms with Crippen LogP contribution in [0.15, 0.2) is 24.3 Å². The number of halogens is 1. The number of imide groups is 1. The molecule has 6 heteroatoms. The van der Waals surface area contributed by atoms with E-state index in [2.05, 4.69) is 10.6 Å². The molecule has 3 aliphatic rings. The van der Waals surface area contributed by atoms with Crippen LogP contribution in [0.25, 0.3) is 0 Å². The minimum Gasteiger partial charge on any atom is -0.322 e. The van der Waals surface area contributed by atoms with Crippen LogP contribution in [0.5, 0.6) is 0 Å². The Morgan fingerprint density at radius 3 is 2.38 bits per heavy atom. The second-order valence-corrected chi connectivity index (χ2v) is 7.94. The summed E-state index contributed by atoms with van der Waals surface area (Å²) in [5, 5.41) is 6.40. The number of hydrogen-bond donors (Lipinski definition) is 2. The smallest absolute Gasteiger partial charge is 0.322 e. The number of hydrogen-bond acceptors (Lipinski definition) is 3. The van der Waals surface area contributed by atoms with Gasteiger partial charge in [0.1, 0.15) is 11.4 Å². The van der Waals surface area contributed by atoms with Crippen LogP contribution in [0.2, 0.25) is 0 Å². The quantitative estimate of drug-likeness (QED) is 0.794. The van der Waals surface area contributed by atoms with Crippen molar-refractivity contribution in [2.24, 2.45) is 11.8 Å². The molecule has 0 aromatic heterocycles. The second-order valence-electron chi connectivity index (χ2n) is 7.94. The minimum atomic E-state index is -0.902. The summed E-state index contributed by atoms with van der Waals surface area (Å²) in [6.07, 6.45) is 5.49. The maximum atomic E-state index is 13.4. The highest BCUT2D eigenvalue weighted by Crippen LogP contribution is 2.37. The van der Waals surface area contributed by atoms with Gasteiger partial charge >= 0.3 is 6.03 Å². The van der Waals surface area contributed by atoms with Gasteiger partial charge in [-0.3, -0.25) is 9.69 Å². The van der Waals surface area contributed by atoms with Crippen molar-refractivity contribution in [1.29, 1.82) is 0 Å². The van der Waals surface area contributed by atoms with Gasteiger partial charge in [-0.15, -0.1) is 0 Å². The van der Waals surface area contributed by atoms with E-state index in [9.17, 15) is 14.0 Å². The fourth-order valence-electron chi connectivity index (χ4n) is 4.52. The Bertz CT molecular complexity index is 683. The van der Waals surface area contributed by atoms with E-state index in [1.165, 1.54) is 23.5 Å². The average Bonchev–Trinajstić information content (AvgIpc) is 2.85. The molecule has 1 atom stereocenters. The third-order valence-corrected chi connectivity index (χ3v) is 6.30. The fourth-order valence-corrected chi connectivity index (χ4v) is 4.52. The molecule has 0 unspecified atom stereocenters. The van der Waals surface area contributed by atoms with Gasteiger partial charge in [0, 0.05) is 13.0 Å². The molecule has 1 aromatic rings. The molecule has 3 fully saturated rings. The highest BCUT2D eigenvalue weighted by molar-refractivity contribution is 6.07. The molecule has 5 nitrogen and oxygen atoms in total. The topological polar surface area (TPSA) is 61.4 Å². The summed E-state index contributed by atoms with van der Waals surface area (Å²) < 4.78 is 13.3. The van der Waals surface area contributed by atoms with Gasteiger partial charge in [-0.1, -0.05) is 18.6 Å². The summed E-state index contributed by atoms with van der Waals surface area (Å²) in [6.45, 7) is 2.23. The highest BCUT2D eigenvalue weighted by atomic mass is 19.1. The van der Waals surface area contributed by atoms with E-state index in [0.29, 0.717) is 18.9 Å². The van der Waals surface area contributed by atoms with E-state index in [1.54, 1.807) is 12.1 Å². The molecule has 0 bridgehead atoms. The average molecular weight is 359 g/mol. The lowest BCUT2D eigenvalue weighted by Crippen LogP contribution is -2.57. The van der Waals surface area contributed by atoms with E-state index in [-0.39, 0.29) is 23.7 Å². The first-order valence-electron chi connectivity index (χ1n) is 9.68. The first-order chi connectivity index (χ1) is 12.6. The Morgan fingerprint density at radius 2 is 1.77 bits per heavy atom. The van der Waals surface area contributed by atoms with Crippen LogP contribution in [0.4, 0.5) is 9.18 Å². The van der Waals surface area contributed by atoms with E-state index < -0.39 is 5.54 Å². The normalized spacial score (nSPS) is 27.5. The van der Waals surface area contributed by atoms with Crippen molar-refractivity contribution in [2.75, 3.05) is 19.6 Å². The SMILES string of the molecule is O=C1N[C@](Cc2ccc(F)cc2)(C2CCNCC2)C(=O)N1CC1CCC1. The van der Waals surface area contributed by atoms with Crippen LogP contribution in [0, 0.1) is 17.7 Å². The van der Waals surface area contributed by atoms with Gasteiger partial charge in [-0.05, 0) is 68.3 Å². The van der Waals surface area contributed by atoms with E-state index in [1.807, 2.05) is 0 Å². The molecule has 26 heavy (non-hydrogen) atoms. The summed E-state index contributed by atoms with van der Waals surface area (Å²) in [5.74, 6) is 0.152. The van der Waals surface area contributed by atoms with Crippen molar-refractivity contribution in [3.8, 4) is 0 Å². The predicted molar refractivity (Wildman–Crippen MR) is 96.0 cm³/mol. The van der Waals surface area contributed by atoms with E-state index >= 15 is 0 Å². The Morgan fingerprint density at radius 1 is 1.08 bits per heavy atom. The van der Waals surface area contributed by atoms with Crippen LogP contribution in [0.3, 0.4) is 0 Å². The zero-order chi connectivity index (χ0) is 18.1. The summed E-state index contributed by atoms with van der Waals surface area (Å²) in [7, 11) is 0. The maximum absolute atomic E-state index is 13.4. The molecule has 1 aliphatic carbocycles. The van der Waals surface area contributed by atoms with Crippen LogP contribution in [-0.2, 0) is 11.2 Å². The van der Waals surface area contributed by atoms with Crippen molar-refractivity contribution in [1.82, 2.24) is 15.5 Å². The van der Waals surface area contributed by atoms with Gasteiger partial charge in [0.2, 0.25) is 0 Å². The third kappa shape index (κ3) is 3.11. The predicted octanol–water partition coefficient (Wildman–Crippen LogP) is 2.46. The lowest BCUT2D eigenvalue weighted by atomic mass is 9.74. The number of piperidine rings is 1. The Balaban J connectivity index is 1.62. The molecule has 2 N–H and O–H groups in total. The molecule has 1 saturated carbocycles. The van der Waals surface area contributed by atoms with Crippen molar-refractivity contribution in [3.05, 3.63) is 35.6 Å². The minimum absolute atomic E-state index is 0.0920. The van der Waals surface area contributed by atoms with Gasteiger partial charge in [0.05, 0.1) is 0 Å². The highest BCUT2D eigenvalue weighted by Gasteiger charge is 2.55. The fraction of sp³-hybridized carbons (Fsp3) is 0.600. The molecule has 1 aromatic carbocycles. The summed E-state index contributed by atoms with van der Waals surface area (Å²) in [5.41, 5.74) is -0.0232.